The fraction of sp³-hybridized carbons (Fsp3) is 0.407. The van der Waals surface area contributed by atoms with Gasteiger partial charge in [0.25, 0.3) is 0 Å². The summed E-state index contributed by atoms with van der Waals surface area (Å²) in [6.07, 6.45) is 4.78. The zero-order valence-electron chi connectivity index (χ0n) is 18.5. The summed E-state index contributed by atoms with van der Waals surface area (Å²) in [5, 5.41) is 0. The van der Waals surface area contributed by atoms with Gasteiger partial charge in [0.05, 0.1) is 17.9 Å². The predicted molar refractivity (Wildman–Crippen MR) is 121 cm³/mol. The van der Waals surface area contributed by atoms with Gasteiger partial charge in [-0.1, -0.05) is 79.7 Å². The van der Waals surface area contributed by atoms with Gasteiger partial charge >= 0.3 is 5.97 Å². The lowest BCUT2D eigenvalue weighted by Crippen LogP contribution is -2.51. The molecular weight excluding hydrogens is 386 g/mol. The van der Waals surface area contributed by atoms with Gasteiger partial charge in [0.15, 0.2) is 0 Å². The summed E-state index contributed by atoms with van der Waals surface area (Å²) < 4.78 is 5.55. The van der Waals surface area contributed by atoms with Crippen molar-refractivity contribution >= 4 is 11.9 Å². The van der Waals surface area contributed by atoms with Gasteiger partial charge in [-0.3, -0.25) is 9.59 Å². The Morgan fingerprint density at radius 1 is 1.00 bits per heavy atom. The molecule has 5 atom stereocenters. The van der Waals surface area contributed by atoms with Gasteiger partial charge in [-0.05, 0) is 37.3 Å². The van der Waals surface area contributed by atoms with Crippen LogP contribution in [0.15, 0.2) is 72.8 Å². The summed E-state index contributed by atoms with van der Waals surface area (Å²) in [4.78, 5) is 28.9. The molecule has 0 aromatic heterocycles. The third kappa shape index (κ3) is 3.80. The molecule has 4 nitrogen and oxygen atoms in total. The molecule has 0 spiro atoms. The molecule has 4 rings (SSSR count). The first-order valence-corrected chi connectivity index (χ1v) is 11.2. The quantitative estimate of drug-likeness (QED) is 0.508. The molecule has 1 aliphatic heterocycles. The van der Waals surface area contributed by atoms with E-state index in [4.69, 9.17) is 4.74 Å². The number of nitrogens with zero attached hydrogens (tertiary/aromatic N) is 1. The smallest absolute Gasteiger partial charge is 0.312 e. The van der Waals surface area contributed by atoms with Crippen molar-refractivity contribution in [1.82, 2.24) is 4.90 Å². The summed E-state index contributed by atoms with van der Waals surface area (Å²) >= 11 is 0. The molecule has 1 heterocycles. The summed E-state index contributed by atoms with van der Waals surface area (Å²) in [6.45, 7) is 6.78. The standard InChI is InChI=1S/C27H31NO3/c1-4-31-26(30)27(3)19(2)15-16-22-24(27)23(17-20-11-7-5-8-12-20)28(25(22)29)18-21-13-9-6-10-14-21/h5-16,19,22-24H,4,17-18H2,1-3H3/t19-,22+,23-,24-,27+/m0/s1. The minimum Gasteiger partial charge on any atom is -0.466 e. The third-order valence-electron chi connectivity index (χ3n) is 7.21. The lowest BCUT2D eigenvalue weighted by molar-refractivity contribution is -0.163. The Labute approximate surface area is 184 Å². The Morgan fingerprint density at radius 2 is 1.61 bits per heavy atom. The Kier molecular flexibility index (Phi) is 5.99. The van der Waals surface area contributed by atoms with Crippen LogP contribution in [0.2, 0.25) is 0 Å². The summed E-state index contributed by atoms with van der Waals surface area (Å²) in [5.41, 5.74) is 1.52. The van der Waals surface area contributed by atoms with Crippen molar-refractivity contribution in [3.63, 3.8) is 0 Å². The molecule has 1 amide bonds. The molecule has 2 aromatic rings. The number of benzene rings is 2. The molecular formula is C27H31NO3. The second-order valence-electron chi connectivity index (χ2n) is 8.94. The lowest BCUT2D eigenvalue weighted by Gasteiger charge is -2.44. The minimum absolute atomic E-state index is 0.00412. The van der Waals surface area contributed by atoms with Gasteiger partial charge in [0, 0.05) is 18.5 Å². The zero-order valence-corrected chi connectivity index (χ0v) is 18.5. The summed E-state index contributed by atoms with van der Waals surface area (Å²) in [6, 6.07) is 20.3. The van der Waals surface area contributed by atoms with Crippen molar-refractivity contribution in [3.05, 3.63) is 83.9 Å². The van der Waals surface area contributed by atoms with E-state index in [1.54, 1.807) is 0 Å². The monoisotopic (exact) mass is 417 g/mol. The van der Waals surface area contributed by atoms with Crippen LogP contribution in [0.4, 0.5) is 0 Å². The number of rotatable bonds is 6. The molecule has 0 N–H and O–H groups in total. The van der Waals surface area contributed by atoms with Crippen molar-refractivity contribution in [2.24, 2.45) is 23.2 Å². The van der Waals surface area contributed by atoms with E-state index in [1.807, 2.05) is 67.3 Å². The highest BCUT2D eigenvalue weighted by Gasteiger charge is 2.60. The zero-order chi connectivity index (χ0) is 22.0. The molecule has 0 bridgehead atoms. The third-order valence-corrected chi connectivity index (χ3v) is 7.21. The molecule has 1 aliphatic carbocycles. The van der Waals surface area contributed by atoms with Crippen LogP contribution < -0.4 is 0 Å². The highest BCUT2D eigenvalue weighted by Crippen LogP contribution is 2.53. The van der Waals surface area contributed by atoms with E-state index in [0.717, 1.165) is 12.0 Å². The van der Waals surface area contributed by atoms with E-state index in [1.165, 1.54) is 5.56 Å². The van der Waals surface area contributed by atoms with Crippen molar-refractivity contribution in [1.29, 1.82) is 0 Å². The number of esters is 1. The molecule has 1 saturated heterocycles. The van der Waals surface area contributed by atoms with Crippen molar-refractivity contribution in [2.75, 3.05) is 6.61 Å². The molecule has 2 aromatic carbocycles. The fourth-order valence-electron chi connectivity index (χ4n) is 5.38. The molecule has 0 unspecified atom stereocenters. The number of carbonyl (C=O) groups is 2. The van der Waals surface area contributed by atoms with E-state index in [-0.39, 0.29) is 35.7 Å². The van der Waals surface area contributed by atoms with Gasteiger partial charge < -0.3 is 9.64 Å². The number of hydrogen-bond acceptors (Lipinski definition) is 3. The molecule has 162 valence electrons. The molecule has 0 saturated carbocycles. The second-order valence-corrected chi connectivity index (χ2v) is 8.94. The first-order valence-electron chi connectivity index (χ1n) is 11.2. The number of amides is 1. The largest absolute Gasteiger partial charge is 0.466 e. The number of hydrogen-bond donors (Lipinski definition) is 0. The maximum absolute atomic E-state index is 13.6. The first-order chi connectivity index (χ1) is 15.0. The van der Waals surface area contributed by atoms with Crippen LogP contribution in [-0.2, 0) is 27.3 Å². The van der Waals surface area contributed by atoms with Gasteiger partial charge in [-0.2, -0.15) is 0 Å². The average Bonchev–Trinajstić information content (AvgIpc) is 3.04. The highest BCUT2D eigenvalue weighted by molar-refractivity contribution is 5.88. The number of likely N-dealkylation sites (tertiary alicyclic amines) is 1. The van der Waals surface area contributed by atoms with E-state index in [0.29, 0.717) is 13.2 Å². The Morgan fingerprint density at radius 3 is 2.23 bits per heavy atom. The Bertz CT molecular complexity index is 955. The molecule has 31 heavy (non-hydrogen) atoms. The van der Waals surface area contributed by atoms with E-state index in [9.17, 15) is 9.59 Å². The van der Waals surface area contributed by atoms with E-state index in [2.05, 4.69) is 31.2 Å². The van der Waals surface area contributed by atoms with Gasteiger partial charge in [0.2, 0.25) is 5.91 Å². The maximum atomic E-state index is 13.6. The molecule has 2 aliphatic rings. The molecule has 4 heteroatoms. The fourth-order valence-corrected chi connectivity index (χ4v) is 5.38. The first kappa shape index (κ1) is 21.4. The van der Waals surface area contributed by atoms with Crippen LogP contribution in [0, 0.1) is 23.2 Å². The molecule has 1 fully saturated rings. The van der Waals surface area contributed by atoms with Crippen LogP contribution in [0.3, 0.4) is 0 Å². The maximum Gasteiger partial charge on any atom is 0.312 e. The number of allylic oxidation sites excluding steroid dienone is 1. The lowest BCUT2D eigenvalue weighted by atomic mass is 9.59. The SMILES string of the molecule is CCOC(=O)[C@@]1(C)[C@H]2[C@@H](C=C[C@@H]1C)C(=O)N(Cc1ccccc1)[C@H]2Cc1ccccc1. The predicted octanol–water partition coefficient (Wildman–Crippen LogP) is 4.65. The summed E-state index contributed by atoms with van der Waals surface area (Å²) in [7, 11) is 0. The van der Waals surface area contributed by atoms with E-state index >= 15 is 0 Å². The Hall–Kier alpha value is -2.88. The van der Waals surface area contributed by atoms with E-state index < -0.39 is 5.41 Å². The topological polar surface area (TPSA) is 46.6 Å². The highest BCUT2D eigenvalue weighted by atomic mass is 16.5. The minimum atomic E-state index is -0.754. The average molecular weight is 418 g/mol. The number of fused-ring (bicyclic) bond motifs is 1. The van der Waals surface area contributed by atoms with Gasteiger partial charge in [0.1, 0.15) is 0 Å². The van der Waals surface area contributed by atoms with Gasteiger partial charge in [-0.15, -0.1) is 0 Å². The van der Waals surface area contributed by atoms with Crippen molar-refractivity contribution < 1.29 is 14.3 Å². The van der Waals surface area contributed by atoms with Crippen LogP contribution >= 0.6 is 0 Å². The van der Waals surface area contributed by atoms with Gasteiger partial charge in [-0.25, -0.2) is 0 Å². The van der Waals surface area contributed by atoms with Crippen LogP contribution in [0.5, 0.6) is 0 Å². The normalized spacial score (nSPS) is 29.6. The van der Waals surface area contributed by atoms with Crippen molar-refractivity contribution in [3.8, 4) is 0 Å². The second kappa shape index (κ2) is 8.70. The number of carbonyl (C=O) groups excluding carboxylic acids is 2. The van der Waals surface area contributed by atoms with Crippen LogP contribution in [-0.4, -0.2) is 29.4 Å². The van der Waals surface area contributed by atoms with Crippen LogP contribution in [0.1, 0.15) is 31.9 Å². The Balaban J connectivity index is 1.77. The van der Waals surface area contributed by atoms with Crippen molar-refractivity contribution in [2.45, 2.75) is 39.8 Å². The summed E-state index contributed by atoms with van der Waals surface area (Å²) in [5.74, 6) is -0.538. The van der Waals surface area contributed by atoms with Crippen LogP contribution in [0.25, 0.3) is 0 Å². The number of ether oxygens (including phenoxy) is 1. The molecule has 0 radical (unpaired) electrons.